The fraction of sp³-hybridized carbons (Fsp3) is 0.611. The highest BCUT2D eigenvalue weighted by molar-refractivity contribution is 5.51. The van der Waals surface area contributed by atoms with Gasteiger partial charge in [-0.05, 0) is 52.3 Å². The zero-order valence-electron chi connectivity index (χ0n) is 13.3. The molecule has 2 rings (SSSR count). The highest BCUT2D eigenvalue weighted by Crippen LogP contribution is 2.52. The Hall–Kier alpha value is -1.29. The van der Waals surface area contributed by atoms with Crippen LogP contribution in [0, 0.1) is 30.1 Å². The molecule has 0 aromatic heterocycles. The van der Waals surface area contributed by atoms with Gasteiger partial charge in [-0.2, -0.15) is 5.26 Å². The largest absolute Gasteiger partial charge is 0.192 e. The van der Waals surface area contributed by atoms with Crippen molar-refractivity contribution in [1.29, 1.82) is 5.26 Å². The first kappa shape index (κ1) is 14.1. The molecule has 1 nitrogen and oxygen atoms in total. The van der Waals surface area contributed by atoms with E-state index in [1.54, 1.807) is 0 Å². The van der Waals surface area contributed by atoms with E-state index >= 15 is 0 Å². The van der Waals surface area contributed by atoms with Crippen LogP contribution in [-0.2, 0) is 10.8 Å². The van der Waals surface area contributed by atoms with Crippen molar-refractivity contribution < 1.29 is 0 Å². The third-order valence-electron chi connectivity index (χ3n) is 5.90. The van der Waals surface area contributed by atoms with Gasteiger partial charge in [0.05, 0.1) is 11.6 Å². The first-order valence-electron chi connectivity index (χ1n) is 7.19. The molecule has 0 aliphatic heterocycles. The van der Waals surface area contributed by atoms with Crippen molar-refractivity contribution in [2.45, 2.75) is 59.3 Å². The maximum Gasteiger partial charge on any atom is 0.0994 e. The molecule has 0 saturated heterocycles. The van der Waals surface area contributed by atoms with Gasteiger partial charge in [-0.15, -0.1) is 0 Å². The molecular weight excluding hydrogens is 230 g/mol. The van der Waals surface area contributed by atoms with E-state index in [0.717, 1.165) is 11.1 Å². The molecule has 0 amide bonds. The molecule has 0 saturated carbocycles. The van der Waals surface area contributed by atoms with Crippen LogP contribution in [0.5, 0.6) is 0 Å². The van der Waals surface area contributed by atoms with E-state index in [1.807, 2.05) is 6.92 Å². The van der Waals surface area contributed by atoms with Crippen LogP contribution in [-0.4, -0.2) is 0 Å². The number of nitrogens with zero attached hydrogens (tertiary/aromatic N) is 1. The summed E-state index contributed by atoms with van der Waals surface area (Å²) in [5, 5.41) is 9.29. The molecule has 1 aromatic rings. The summed E-state index contributed by atoms with van der Waals surface area (Å²) < 4.78 is 0. The summed E-state index contributed by atoms with van der Waals surface area (Å²) in [5.41, 5.74) is 5.02. The maximum absolute atomic E-state index is 9.29. The summed E-state index contributed by atoms with van der Waals surface area (Å²) in [7, 11) is 0. The molecule has 0 unspecified atom stereocenters. The Morgan fingerprint density at radius 2 is 1.37 bits per heavy atom. The molecule has 102 valence electrons. The van der Waals surface area contributed by atoms with E-state index < -0.39 is 0 Å². The number of fused-ring (bicyclic) bond motifs is 1. The molecule has 0 fully saturated rings. The van der Waals surface area contributed by atoms with Gasteiger partial charge in [0.25, 0.3) is 0 Å². The highest BCUT2D eigenvalue weighted by atomic mass is 14.5. The average molecular weight is 255 g/mol. The number of aryl methyl sites for hydroxylation is 1. The molecule has 1 aliphatic rings. The Labute approximate surface area is 117 Å². The first-order valence-corrected chi connectivity index (χ1v) is 7.19. The van der Waals surface area contributed by atoms with Crippen LogP contribution < -0.4 is 0 Å². The predicted molar refractivity (Wildman–Crippen MR) is 80.3 cm³/mol. The van der Waals surface area contributed by atoms with Crippen molar-refractivity contribution in [2.24, 2.45) is 11.8 Å². The molecule has 0 heterocycles. The Morgan fingerprint density at radius 3 is 1.79 bits per heavy atom. The minimum atomic E-state index is 0.129. The van der Waals surface area contributed by atoms with Crippen LogP contribution in [0.25, 0.3) is 0 Å². The fourth-order valence-corrected chi connectivity index (χ4v) is 3.64. The van der Waals surface area contributed by atoms with Crippen molar-refractivity contribution in [2.75, 3.05) is 0 Å². The Morgan fingerprint density at radius 1 is 0.947 bits per heavy atom. The smallest absolute Gasteiger partial charge is 0.0994 e. The molecule has 0 bridgehead atoms. The quantitative estimate of drug-likeness (QED) is 0.658. The summed E-state index contributed by atoms with van der Waals surface area (Å²) >= 11 is 0. The zero-order valence-corrected chi connectivity index (χ0v) is 13.3. The maximum atomic E-state index is 9.29. The Balaban J connectivity index is 2.81. The van der Waals surface area contributed by atoms with Gasteiger partial charge < -0.3 is 0 Å². The first-order chi connectivity index (χ1) is 8.64. The van der Waals surface area contributed by atoms with Crippen LogP contribution in [0.4, 0.5) is 0 Å². The second-order valence-electron chi connectivity index (χ2n) is 7.35. The summed E-state index contributed by atoms with van der Waals surface area (Å²) in [4.78, 5) is 0. The molecule has 0 radical (unpaired) electrons. The second kappa shape index (κ2) is 4.10. The molecule has 19 heavy (non-hydrogen) atoms. The van der Waals surface area contributed by atoms with Gasteiger partial charge in [-0.1, -0.05) is 47.6 Å². The molecule has 0 N–H and O–H groups in total. The number of nitriles is 1. The van der Waals surface area contributed by atoms with Gasteiger partial charge in [-0.3, -0.25) is 0 Å². The van der Waals surface area contributed by atoms with Crippen molar-refractivity contribution in [1.82, 2.24) is 0 Å². The lowest BCUT2D eigenvalue weighted by molar-refractivity contribution is 0.144. The standard InChI is InChI=1S/C18H25N/c1-11-8-15-16(9-14(11)10-19)18(6,7)13(3)12(2)17(15,4)5/h8-9,12-13H,1-7H3/t12-,13-/m0/s1. The van der Waals surface area contributed by atoms with E-state index in [-0.39, 0.29) is 10.8 Å². The van der Waals surface area contributed by atoms with Crippen LogP contribution in [0.2, 0.25) is 0 Å². The molecular formula is C18H25N. The SMILES string of the molecule is Cc1cc2c(cc1C#N)C(C)(C)[C@@H](C)[C@H](C)C2(C)C. The summed E-state index contributed by atoms with van der Waals surface area (Å²) in [6.45, 7) is 16.1. The van der Waals surface area contributed by atoms with E-state index in [2.05, 4.69) is 59.7 Å². The van der Waals surface area contributed by atoms with Crippen molar-refractivity contribution >= 4 is 0 Å². The lowest BCUT2D eigenvalue weighted by Gasteiger charge is -2.51. The molecule has 2 atom stereocenters. The lowest BCUT2D eigenvalue weighted by Crippen LogP contribution is -2.46. The topological polar surface area (TPSA) is 23.8 Å². The molecule has 0 spiro atoms. The molecule has 1 heteroatoms. The number of hydrogen-bond donors (Lipinski definition) is 0. The monoisotopic (exact) mass is 255 g/mol. The number of hydrogen-bond acceptors (Lipinski definition) is 1. The van der Waals surface area contributed by atoms with E-state index in [0.29, 0.717) is 11.8 Å². The van der Waals surface area contributed by atoms with E-state index in [1.165, 1.54) is 11.1 Å². The fourth-order valence-electron chi connectivity index (χ4n) is 3.64. The zero-order chi connectivity index (χ0) is 14.6. The van der Waals surface area contributed by atoms with E-state index in [9.17, 15) is 5.26 Å². The minimum absolute atomic E-state index is 0.129. The predicted octanol–water partition coefficient (Wildman–Crippen LogP) is 4.71. The highest BCUT2D eigenvalue weighted by Gasteiger charge is 2.47. The van der Waals surface area contributed by atoms with Gasteiger partial charge >= 0.3 is 0 Å². The van der Waals surface area contributed by atoms with Crippen molar-refractivity contribution in [3.63, 3.8) is 0 Å². The van der Waals surface area contributed by atoms with Crippen LogP contribution in [0.1, 0.15) is 63.8 Å². The Kier molecular flexibility index (Phi) is 3.05. The van der Waals surface area contributed by atoms with Crippen LogP contribution in [0.3, 0.4) is 0 Å². The van der Waals surface area contributed by atoms with Crippen molar-refractivity contribution in [3.8, 4) is 6.07 Å². The third kappa shape index (κ3) is 1.81. The number of rotatable bonds is 0. The van der Waals surface area contributed by atoms with Gasteiger partial charge in [0.1, 0.15) is 0 Å². The normalized spacial score (nSPS) is 27.5. The lowest BCUT2D eigenvalue weighted by atomic mass is 9.53. The average Bonchev–Trinajstić information content (AvgIpc) is 2.34. The second-order valence-corrected chi connectivity index (χ2v) is 7.35. The summed E-state index contributed by atoms with van der Waals surface area (Å²) in [6.07, 6.45) is 0. The third-order valence-corrected chi connectivity index (χ3v) is 5.90. The van der Waals surface area contributed by atoms with E-state index in [4.69, 9.17) is 0 Å². The molecule has 1 aromatic carbocycles. The summed E-state index contributed by atoms with van der Waals surface area (Å²) in [6, 6.07) is 6.72. The van der Waals surface area contributed by atoms with Gasteiger partial charge in [-0.25, -0.2) is 0 Å². The summed E-state index contributed by atoms with van der Waals surface area (Å²) in [5.74, 6) is 1.23. The Bertz CT molecular complexity index is 558. The van der Waals surface area contributed by atoms with Gasteiger partial charge in [0.2, 0.25) is 0 Å². The van der Waals surface area contributed by atoms with Gasteiger partial charge in [0, 0.05) is 0 Å². The van der Waals surface area contributed by atoms with Crippen LogP contribution in [0.15, 0.2) is 12.1 Å². The number of benzene rings is 1. The van der Waals surface area contributed by atoms with Gasteiger partial charge in [0.15, 0.2) is 0 Å². The van der Waals surface area contributed by atoms with Crippen molar-refractivity contribution in [3.05, 3.63) is 34.4 Å². The minimum Gasteiger partial charge on any atom is -0.192 e. The van der Waals surface area contributed by atoms with Crippen LogP contribution >= 0.6 is 0 Å². The molecule has 1 aliphatic carbocycles.